The van der Waals surface area contributed by atoms with E-state index < -0.39 is 0 Å². The Labute approximate surface area is 111 Å². The lowest BCUT2D eigenvalue weighted by Gasteiger charge is -2.37. The van der Waals surface area contributed by atoms with Gasteiger partial charge in [-0.2, -0.15) is 0 Å². The van der Waals surface area contributed by atoms with E-state index in [2.05, 4.69) is 39.8 Å². The molecule has 1 aliphatic rings. The number of hydrogen-bond acceptors (Lipinski definition) is 2. The molecule has 0 unspecified atom stereocenters. The Bertz CT molecular complexity index is 337. The summed E-state index contributed by atoms with van der Waals surface area (Å²) in [5.41, 5.74) is 2.47. The summed E-state index contributed by atoms with van der Waals surface area (Å²) in [7, 11) is 0. The van der Waals surface area contributed by atoms with E-state index in [1.807, 2.05) is 0 Å². The van der Waals surface area contributed by atoms with Crippen molar-refractivity contribution in [2.45, 2.75) is 65.4 Å². The average molecular weight is 250 g/mol. The van der Waals surface area contributed by atoms with Crippen LogP contribution in [0.3, 0.4) is 0 Å². The summed E-state index contributed by atoms with van der Waals surface area (Å²) in [6, 6.07) is 0. The molecule has 2 nitrogen and oxygen atoms in total. The first kappa shape index (κ1) is 15.0. The molecule has 0 spiro atoms. The van der Waals surface area contributed by atoms with Crippen molar-refractivity contribution in [3.05, 3.63) is 23.3 Å². The average Bonchev–Trinajstić information content (AvgIpc) is 2.29. The number of rotatable bonds is 6. The molecule has 102 valence electrons. The number of carbonyl (C=O) groups excluding carboxylic acids is 1. The summed E-state index contributed by atoms with van der Waals surface area (Å²) in [5.74, 6) is 0.456. The number of hydrogen-bond donors (Lipinski definition) is 0. The van der Waals surface area contributed by atoms with Gasteiger partial charge in [-0.3, -0.25) is 4.79 Å². The molecule has 0 amide bonds. The lowest BCUT2D eigenvalue weighted by atomic mass is 9.76. The zero-order valence-electron chi connectivity index (χ0n) is 12.2. The van der Waals surface area contributed by atoms with Crippen LogP contribution < -0.4 is 0 Å². The van der Waals surface area contributed by atoms with E-state index in [1.54, 1.807) is 0 Å². The van der Waals surface area contributed by atoms with E-state index >= 15 is 0 Å². The maximum absolute atomic E-state index is 10.8. The Morgan fingerprint density at radius 2 is 2.28 bits per heavy atom. The van der Waals surface area contributed by atoms with E-state index in [1.165, 1.54) is 11.1 Å². The molecule has 0 radical (unpaired) electrons. The SMILES string of the molecule is CC(C)=CCC[C@@](C)(OC=O)[C@H]1CC=C(C)CC1. The van der Waals surface area contributed by atoms with Crippen LogP contribution in [0.5, 0.6) is 0 Å². The summed E-state index contributed by atoms with van der Waals surface area (Å²) >= 11 is 0. The topological polar surface area (TPSA) is 26.3 Å². The van der Waals surface area contributed by atoms with Crippen molar-refractivity contribution in [1.82, 2.24) is 0 Å². The van der Waals surface area contributed by atoms with Crippen molar-refractivity contribution < 1.29 is 9.53 Å². The van der Waals surface area contributed by atoms with E-state index in [0.29, 0.717) is 12.4 Å². The van der Waals surface area contributed by atoms with Gasteiger partial charge in [-0.05, 0) is 59.8 Å². The molecule has 0 heterocycles. The Kier molecular flexibility index (Phi) is 5.64. The van der Waals surface area contributed by atoms with E-state index in [0.717, 1.165) is 32.1 Å². The molecule has 0 aromatic rings. The molecule has 0 aliphatic heterocycles. The van der Waals surface area contributed by atoms with Gasteiger partial charge in [0.2, 0.25) is 0 Å². The highest BCUT2D eigenvalue weighted by Gasteiger charge is 2.35. The predicted octanol–water partition coefficient (Wildman–Crippen LogP) is 4.41. The number of ether oxygens (including phenoxy) is 1. The number of allylic oxidation sites excluding steroid dienone is 4. The van der Waals surface area contributed by atoms with Gasteiger partial charge in [-0.25, -0.2) is 0 Å². The zero-order valence-corrected chi connectivity index (χ0v) is 12.2. The Balaban J connectivity index is 2.67. The monoisotopic (exact) mass is 250 g/mol. The van der Waals surface area contributed by atoms with Crippen molar-refractivity contribution in [1.29, 1.82) is 0 Å². The first-order valence-electron chi connectivity index (χ1n) is 6.88. The standard InChI is InChI=1S/C16H26O2/c1-13(2)6-5-11-16(4,18-12-17)15-9-7-14(3)8-10-15/h6-7,12,15H,5,8-11H2,1-4H3/t15-,16+/m0/s1. The predicted molar refractivity (Wildman–Crippen MR) is 75.3 cm³/mol. The first-order valence-corrected chi connectivity index (χ1v) is 6.88. The van der Waals surface area contributed by atoms with Crippen LogP contribution in [0, 0.1) is 5.92 Å². The minimum atomic E-state index is -0.315. The van der Waals surface area contributed by atoms with Gasteiger partial charge in [-0.1, -0.05) is 23.3 Å². The van der Waals surface area contributed by atoms with Gasteiger partial charge in [0, 0.05) is 5.92 Å². The first-order chi connectivity index (χ1) is 8.48. The zero-order chi connectivity index (χ0) is 13.6. The molecule has 0 saturated carbocycles. The molecular weight excluding hydrogens is 224 g/mol. The van der Waals surface area contributed by atoms with Crippen molar-refractivity contribution in [2.24, 2.45) is 5.92 Å². The second-order valence-electron chi connectivity index (χ2n) is 5.87. The van der Waals surface area contributed by atoms with E-state index in [9.17, 15) is 4.79 Å². The maximum atomic E-state index is 10.8. The highest BCUT2D eigenvalue weighted by atomic mass is 16.5. The van der Waals surface area contributed by atoms with Crippen molar-refractivity contribution in [2.75, 3.05) is 0 Å². The maximum Gasteiger partial charge on any atom is 0.293 e. The molecule has 18 heavy (non-hydrogen) atoms. The largest absolute Gasteiger partial charge is 0.461 e. The molecule has 0 aromatic carbocycles. The fourth-order valence-electron chi connectivity index (χ4n) is 2.64. The van der Waals surface area contributed by atoms with Crippen LogP contribution in [-0.2, 0) is 9.53 Å². The lowest BCUT2D eigenvalue weighted by molar-refractivity contribution is -0.149. The van der Waals surface area contributed by atoms with Crippen LogP contribution in [0.2, 0.25) is 0 Å². The molecule has 0 fully saturated rings. The molecule has 0 N–H and O–H groups in total. The summed E-state index contributed by atoms with van der Waals surface area (Å²) < 4.78 is 5.45. The second-order valence-corrected chi connectivity index (χ2v) is 5.87. The van der Waals surface area contributed by atoms with Gasteiger partial charge in [0.1, 0.15) is 5.60 Å². The van der Waals surface area contributed by atoms with Gasteiger partial charge in [-0.15, -0.1) is 0 Å². The van der Waals surface area contributed by atoms with Crippen molar-refractivity contribution in [3.63, 3.8) is 0 Å². The molecule has 2 heteroatoms. The smallest absolute Gasteiger partial charge is 0.293 e. The minimum Gasteiger partial charge on any atom is -0.461 e. The number of carbonyl (C=O) groups is 1. The normalized spacial score (nSPS) is 22.7. The van der Waals surface area contributed by atoms with Gasteiger partial charge in [0.15, 0.2) is 0 Å². The van der Waals surface area contributed by atoms with Crippen LogP contribution in [0.15, 0.2) is 23.3 Å². The summed E-state index contributed by atoms with van der Waals surface area (Å²) in [4.78, 5) is 10.8. The third kappa shape index (κ3) is 4.32. The third-order valence-corrected chi connectivity index (χ3v) is 4.01. The van der Waals surface area contributed by atoms with Crippen LogP contribution >= 0.6 is 0 Å². The molecular formula is C16H26O2. The van der Waals surface area contributed by atoms with Gasteiger partial charge < -0.3 is 4.74 Å². The second kappa shape index (κ2) is 6.77. The highest BCUT2D eigenvalue weighted by Crippen LogP contribution is 2.37. The van der Waals surface area contributed by atoms with Crippen molar-refractivity contribution >= 4 is 6.47 Å². The third-order valence-electron chi connectivity index (χ3n) is 4.01. The van der Waals surface area contributed by atoms with E-state index in [-0.39, 0.29) is 5.60 Å². The van der Waals surface area contributed by atoms with Crippen LogP contribution in [0.25, 0.3) is 0 Å². The Hall–Kier alpha value is -1.05. The van der Waals surface area contributed by atoms with Crippen LogP contribution in [0.1, 0.15) is 59.8 Å². The molecule has 0 aromatic heterocycles. The Morgan fingerprint density at radius 1 is 1.56 bits per heavy atom. The van der Waals surface area contributed by atoms with Gasteiger partial charge in [0.25, 0.3) is 6.47 Å². The quantitative estimate of drug-likeness (QED) is 0.515. The van der Waals surface area contributed by atoms with Crippen LogP contribution in [-0.4, -0.2) is 12.1 Å². The molecule has 1 aliphatic carbocycles. The fraction of sp³-hybridized carbons (Fsp3) is 0.688. The van der Waals surface area contributed by atoms with Crippen LogP contribution in [0.4, 0.5) is 0 Å². The Morgan fingerprint density at radius 3 is 2.78 bits per heavy atom. The van der Waals surface area contributed by atoms with E-state index in [4.69, 9.17) is 4.74 Å². The summed E-state index contributed by atoms with van der Waals surface area (Å²) in [5, 5.41) is 0. The minimum absolute atomic E-state index is 0.315. The van der Waals surface area contributed by atoms with Gasteiger partial charge >= 0.3 is 0 Å². The molecule has 1 rings (SSSR count). The summed E-state index contributed by atoms with van der Waals surface area (Å²) in [6.45, 7) is 9.08. The summed E-state index contributed by atoms with van der Waals surface area (Å²) in [6.07, 6.45) is 9.69. The molecule has 2 atom stereocenters. The van der Waals surface area contributed by atoms with Crippen molar-refractivity contribution in [3.8, 4) is 0 Å². The fourth-order valence-corrected chi connectivity index (χ4v) is 2.64. The highest BCUT2D eigenvalue weighted by molar-refractivity contribution is 5.38. The lowest BCUT2D eigenvalue weighted by Crippen LogP contribution is -2.38. The van der Waals surface area contributed by atoms with Gasteiger partial charge in [0.05, 0.1) is 0 Å². The molecule has 0 saturated heterocycles. The molecule has 0 bridgehead atoms.